The van der Waals surface area contributed by atoms with E-state index in [0.717, 1.165) is 57.3 Å². The number of ether oxygens (including phenoxy) is 1. The lowest BCUT2D eigenvalue weighted by atomic mass is 10.2. The number of hydrogen-bond donors (Lipinski definition) is 1. The first-order chi connectivity index (χ1) is 10.6. The highest BCUT2D eigenvalue weighted by atomic mass is 16.5. The minimum atomic E-state index is -0.268. The molecule has 6 nitrogen and oxygen atoms in total. The van der Waals surface area contributed by atoms with E-state index >= 15 is 0 Å². The number of rotatable bonds is 4. The van der Waals surface area contributed by atoms with Gasteiger partial charge in [-0.2, -0.15) is 0 Å². The molecular weight excluding hydrogens is 282 g/mol. The normalized spacial score (nSPS) is 20.6. The molecule has 22 heavy (non-hydrogen) atoms. The number of hydrogen-bond acceptors (Lipinski definition) is 5. The smallest absolute Gasteiger partial charge is 0.223 e. The van der Waals surface area contributed by atoms with Crippen molar-refractivity contribution in [2.75, 3.05) is 39.4 Å². The molecule has 122 valence electrons. The van der Waals surface area contributed by atoms with Crippen molar-refractivity contribution in [2.24, 2.45) is 7.05 Å². The van der Waals surface area contributed by atoms with Crippen molar-refractivity contribution >= 4 is 0 Å². The Morgan fingerprint density at radius 3 is 2.41 bits per heavy atom. The molecule has 2 aliphatic heterocycles. The molecule has 2 aliphatic rings. The van der Waals surface area contributed by atoms with E-state index < -0.39 is 0 Å². The summed E-state index contributed by atoms with van der Waals surface area (Å²) in [6.07, 6.45) is 2.39. The molecule has 1 aromatic rings. The molecule has 0 saturated carbocycles. The molecule has 1 aromatic heterocycles. The molecule has 6 heteroatoms. The van der Waals surface area contributed by atoms with Crippen LogP contribution in [0.4, 0.5) is 0 Å². The molecule has 3 heterocycles. The molecule has 1 N–H and O–H groups in total. The number of aromatic hydroxyl groups is 1. The number of pyridine rings is 1. The van der Waals surface area contributed by atoms with Gasteiger partial charge in [-0.05, 0) is 25.9 Å². The van der Waals surface area contributed by atoms with Gasteiger partial charge in [0.15, 0.2) is 5.75 Å². The van der Waals surface area contributed by atoms with Crippen molar-refractivity contribution in [3.8, 4) is 5.75 Å². The molecule has 0 atom stereocenters. The third-order valence-corrected chi connectivity index (χ3v) is 4.70. The molecule has 0 radical (unpaired) electrons. The summed E-state index contributed by atoms with van der Waals surface area (Å²) in [5, 5.41) is 10.2. The third kappa shape index (κ3) is 3.34. The number of aromatic nitrogens is 1. The average molecular weight is 307 g/mol. The van der Waals surface area contributed by atoms with Crippen molar-refractivity contribution < 1.29 is 9.84 Å². The topological polar surface area (TPSA) is 57.9 Å². The SMILES string of the molecule is Cn1c(CN2CCOCC2)cc(=O)c(O)c1CN1CCCC1. The van der Waals surface area contributed by atoms with Gasteiger partial charge in [0, 0.05) is 45.0 Å². The van der Waals surface area contributed by atoms with Crippen molar-refractivity contribution in [2.45, 2.75) is 25.9 Å². The first-order valence-electron chi connectivity index (χ1n) is 8.08. The number of likely N-dealkylation sites (tertiary alicyclic amines) is 1. The Morgan fingerprint density at radius 1 is 1.09 bits per heavy atom. The second kappa shape index (κ2) is 6.81. The maximum absolute atomic E-state index is 12.1. The lowest BCUT2D eigenvalue weighted by molar-refractivity contribution is 0.0331. The van der Waals surface area contributed by atoms with Crippen molar-refractivity contribution in [3.63, 3.8) is 0 Å². The van der Waals surface area contributed by atoms with E-state index in [1.54, 1.807) is 6.07 Å². The molecule has 0 unspecified atom stereocenters. The Bertz CT molecular complexity index is 573. The second-order valence-electron chi connectivity index (χ2n) is 6.23. The van der Waals surface area contributed by atoms with Crippen molar-refractivity contribution in [3.05, 3.63) is 27.7 Å². The molecular formula is C16H25N3O3. The van der Waals surface area contributed by atoms with E-state index in [2.05, 4.69) is 9.80 Å². The molecule has 3 rings (SSSR count). The highest BCUT2D eigenvalue weighted by Crippen LogP contribution is 2.19. The lowest BCUT2D eigenvalue weighted by Crippen LogP contribution is -2.37. The number of morpholine rings is 1. The van der Waals surface area contributed by atoms with Crippen LogP contribution in [0.25, 0.3) is 0 Å². The van der Waals surface area contributed by atoms with Gasteiger partial charge in [0.25, 0.3) is 0 Å². The fourth-order valence-electron chi connectivity index (χ4n) is 3.26. The van der Waals surface area contributed by atoms with Gasteiger partial charge in [0.05, 0.1) is 18.9 Å². The summed E-state index contributed by atoms with van der Waals surface area (Å²) < 4.78 is 7.36. The van der Waals surface area contributed by atoms with Gasteiger partial charge in [-0.3, -0.25) is 14.6 Å². The standard InChI is InChI=1S/C16H25N3O3/c1-17-13(11-19-6-8-22-9-7-19)10-15(20)16(21)14(17)12-18-4-2-3-5-18/h10,21H,2-9,11-12H2,1H3. The summed E-state index contributed by atoms with van der Waals surface area (Å²) >= 11 is 0. The zero-order valence-electron chi connectivity index (χ0n) is 13.3. The molecule has 0 bridgehead atoms. The molecule has 0 amide bonds. The monoisotopic (exact) mass is 307 g/mol. The Kier molecular flexibility index (Phi) is 4.81. The summed E-state index contributed by atoms with van der Waals surface area (Å²) in [6, 6.07) is 1.57. The summed E-state index contributed by atoms with van der Waals surface area (Å²) in [5.74, 6) is -0.0971. The molecule has 0 spiro atoms. The second-order valence-corrected chi connectivity index (χ2v) is 6.23. The van der Waals surface area contributed by atoms with Crippen LogP contribution in [0.1, 0.15) is 24.2 Å². The zero-order chi connectivity index (χ0) is 15.5. The van der Waals surface area contributed by atoms with Gasteiger partial charge in [-0.1, -0.05) is 0 Å². The van der Waals surface area contributed by atoms with Gasteiger partial charge in [-0.15, -0.1) is 0 Å². The predicted molar refractivity (Wildman–Crippen MR) is 84.0 cm³/mol. The van der Waals surface area contributed by atoms with E-state index in [1.807, 2.05) is 11.6 Å². The van der Waals surface area contributed by atoms with Gasteiger partial charge < -0.3 is 14.4 Å². The van der Waals surface area contributed by atoms with Crippen LogP contribution >= 0.6 is 0 Å². The van der Waals surface area contributed by atoms with Crippen molar-refractivity contribution in [1.82, 2.24) is 14.4 Å². The first kappa shape index (κ1) is 15.5. The van der Waals surface area contributed by atoms with Crippen LogP contribution < -0.4 is 5.43 Å². The van der Waals surface area contributed by atoms with E-state index in [-0.39, 0.29) is 11.2 Å². The van der Waals surface area contributed by atoms with Crippen LogP contribution in [0.2, 0.25) is 0 Å². The largest absolute Gasteiger partial charge is 0.503 e. The highest BCUT2D eigenvalue weighted by molar-refractivity contribution is 5.30. The molecule has 0 aliphatic carbocycles. The van der Waals surface area contributed by atoms with Crippen LogP contribution in [0.3, 0.4) is 0 Å². The van der Waals surface area contributed by atoms with Crippen LogP contribution in [0, 0.1) is 0 Å². The van der Waals surface area contributed by atoms with Crippen LogP contribution in [0.15, 0.2) is 10.9 Å². The summed E-state index contributed by atoms with van der Waals surface area (Å²) in [7, 11) is 1.94. The maximum atomic E-state index is 12.1. The van der Waals surface area contributed by atoms with Gasteiger partial charge in [0.1, 0.15) is 0 Å². The van der Waals surface area contributed by atoms with Crippen LogP contribution in [0.5, 0.6) is 5.75 Å². The zero-order valence-corrected chi connectivity index (χ0v) is 13.3. The highest BCUT2D eigenvalue weighted by Gasteiger charge is 2.20. The maximum Gasteiger partial charge on any atom is 0.223 e. The third-order valence-electron chi connectivity index (χ3n) is 4.70. The van der Waals surface area contributed by atoms with Crippen molar-refractivity contribution in [1.29, 1.82) is 0 Å². The first-order valence-corrected chi connectivity index (χ1v) is 8.08. The average Bonchev–Trinajstić information content (AvgIpc) is 3.03. The quantitative estimate of drug-likeness (QED) is 0.879. The predicted octanol–water partition coefficient (Wildman–Crippen LogP) is 0.519. The minimum Gasteiger partial charge on any atom is -0.503 e. The Morgan fingerprint density at radius 2 is 1.73 bits per heavy atom. The molecule has 2 saturated heterocycles. The lowest BCUT2D eigenvalue weighted by Gasteiger charge is -2.28. The van der Waals surface area contributed by atoms with Crippen LogP contribution in [-0.2, 0) is 24.9 Å². The fourth-order valence-corrected chi connectivity index (χ4v) is 3.26. The number of nitrogens with zero attached hydrogens (tertiary/aromatic N) is 3. The summed E-state index contributed by atoms with van der Waals surface area (Å²) in [5.41, 5.74) is 1.42. The van der Waals surface area contributed by atoms with Gasteiger partial charge in [0.2, 0.25) is 5.43 Å². The van der Waals surface area contributed by atoms with E-state index in [0.29, 0.717) is 6.54 Å². The molecule has 0 aromatic carbocycles. The summed E-state index contributed by atoms with van der Waals surface area (Å²) in [4.78, 5) is 16.7. The van der Waals surface area contributed by atoms with Crippen LogP contribution in [-0.4, -0.2) is 58.9 Å². The Hall–Kier alpha value is -1.37. The van der Waals surface area contributed by atoms with E-state index in [9.17, 15) is 9.90 Å². The minimum absolute atomic E-state index is 0.0971. The fraction of sp³-hybridized carbons (Fsp3) is 0.688. The van der Waals surface area contributed by atoms with E-state index in [1.165, 1.54) is 12.8 Å². The van der Waals surface area contributed by atoms with Gasteiger partial charge >= 0.3 is 0 Å². The Balaban J connectivity index is 1.83. The summed E-state index contributed by atoms with van der Waals surface area (Å²) in [6.45, 7) is 6.71. The van der Waals surface area contributed by atoms with E-state index in [4.69, 9.17) is 4.74 Å². The van der Waals surface area contributed by atoms with Gasteiger partial charge in [-0.25, -0.2) is 0 Å². The Labute approximate surface area is 130 Å². The molecule has 2 fully saturated rings.